The predicted molar refractivity (Wildman–Crippen MR) is 88.2 cm³/mol. The molecule has 1 heterocycles. The number of hydrogen-bond donors (Lipinski definition) is 1. The molecule has 5 nitrogen and oxygen atoms in total. The van der Waals surface area contributed by atoms with E-state index in [1.54, 1.807) is 23.9 Å². The summed E-state index contributed by atoms with van der Waals surface area (Å²) in [6.07, 6.45) is 1.58. The second kappa shape index (κ2) is 6.98. The number of amides is 1. The van der Waals surface area contributed by atoms with Crippen molar-refractivity contribution in [2.75, 3.05) is 11.9 Å². The topological polar surface area (TPSA) is 60.3 Å². The number of aryl methyl sites for hydroxylation is 2. The summed E-state index contributed by atoms with van der Waals surface area (Å²) in [5.41, 5.74) is 1.97. The van der Waals surface area contributed by atoms with E-state index in [9.17, 15) is 9.59 Å². The lowest BCUT2D eigenvalue weighted by atomic mass is 10.2. The van der Waals surface area contributed by atoms with E-state index in [0.717, 1.165) is 10.0 Å². The fraction of sp³-hybridized carbons (Fsp3) is 0.200. The quantitative estimate of drug-likeness (QED) is 0.819. The highest BCUT2D eigenvalue weighted by atomic mass is 79.9. The lowest BCUT2D eigenvalue weighted by molar-refractivity contribution is -0.119. The largest absolute Gasteiger partial charge is 0.451 e. The van der Waals surface area contributed by atoms with E-state index in [1.165, 1.54) is 6.07 Å². The van der Waals surface area contributed by atoms with Crippen molar-refractivity contribution >= 4 is 45.1 Å². The molecule has 1 amide bonds. The first kappa shape index (κ1) is 16.6. The van der Waals surface area contributed by atoms with Crippen LogP contribution in [0.15, 0.2) is 34.9 Å². The van der Waals surface area contributed by atoms with Gasteiger partial charge in [0.05, 0.1) is 10.7 Å². The molecule has 0 aliphatic rings. The normalized spacial score (nSPS) is 10.4. The van der Waals surface area contributed by atoms with Gasteiger partial charge in [-0.2, -0.15) is 0 Å². The third-order valence-electron chi connectivity index (χ3n) is 2.91. The van der Waals surface area contributed by atoms with Crippen LogP contribution in [0.1, 0.15) is 16.1 Å². The summed E-state index contributed by atoms with van der Waals surface area (Å²) >= 11 is 9.16. The standard InChI is InChI=1S/C15H14BrClN2O3/c1-9-3-4-12(11(16)5-9)18-14(20)8-22-15(21)13-6-10(17)7-19(13)2/h3-7H,8H2,1-2H3,(H,18,20). The number of anilines is 1. The second-order valence-electron chi connectivity index (χ2n) is 4.76. The van der Waals surface area contributed by atoms with E-state index in [-0.39, 0.29) is 12.3 Å². The average Bonchev–Trinajstić information content (AvgIpc) is 2.78. The van der Waals surface area contributed by atoms with Crippen LogP contribution in [0.2, 0.25) is 5.02 Å². The number of aromatic nitrogens is 1. The van der Waals surface area contributed by atoms with E-state index in [1.807, 2.05) is 19.1 Å². The maximum Gasteiger partial charge on any atom is 0.355 e. The molecule has 0 radical (unpaired) electrons. The first-order valence-electron chi connectivity index (χ1n) is 6.42. The van der Waals surface area contributed by atoms with E-state index in [0.29, 0.717) is 10.7 Å². The number of halogens is 2. The summed E-state index contributed by atoms with van der Waals surface area (Å²) < 4.78 is 7.28. The number of carbonyl (C=O) groups excluding carboxylic acids is 2. The molecule has 0 atom stereocenters. The zero-order valence-corrected chi connectivity index (χ0v) is 14.4. The van der Waals surface area contributed by atoms with Gasteiger partial charge < -0.3 is 14.6 Å². The lowest BCUT2D eigenvalue weighted by Crippen LogP contribution is -2.22. The fourth-order valence-corrected chi connectivity index (χ4v) is 2.68. The number of benzene rings is 1. The van der Waals surface area contributed by atoms with Crippen molar-refractivity contribution in [1.82, 2.24) is 4.57 Å². The summed E-state index contributed by atoms with van der Waals surface area (Å²) in [7, 11) is 1.67. The Morgan fingerprint density at radius 2 is 2.09 bits per heavy atom. The predicted octanol–water partition coefficient (Wildman–Crippen LogP) is 3.54. The van der Waals surface area contributed by atoms with Crippen molar-refractivity contribution < 1.29 is 14.3 Å². The first-order valence-corrected chi connectivity index (χ1v) is 7.59. The highest BCUT2D eigenvalue weighted by Crippen LogP contribution is 2.23. The van der Waals surface area contributed by atoms with Crippen LogP contribution in [0, 0.1) is 6.92 Å². The second-order valence-corrected chi connectivity index (χ2v) is 6.05. The molecule has 1 aromatic heterocycles. The Morgan fingerprint density at radius 1 is 1.36 bits per heavy atom. The molecule has 22 heavy (non-hydrogen) atoms. The van der Waals surface area contributed by atoms with Crippen LogP contribution in [-0.4, -0.2) is 23.1 Å². The Morgan fingerprint density at radius 3 is 2.68 bits per heavy atom. The smallest absolute Gasteiger partial charge is 0.355 e. The highest BCUT2D eigenvalue weighted by molar-refractivity contribution is 9.10. The number of carbonyl (C=O) groups is 2. The number of ether oxygens (including phenoxy) is 1. The van der Waals surface area contributed by atoms with Crippen LogP contribution in [-0.2, 0) is 16.6 Å². The Balaban J connectivity index is 1.92. The molecule has 0 aliphatic heterocycles. The lowest BCUT2D eigenvalue weighted by Gasteiger charge is -2.09. The molecule has 2 rings (SSSR count). The van der Waals surface area contributed by atoms with Gasteiger partial charge in [-0.15, -0.1) is 0 Å². The maximum absolute atomic E-state index is 11.9. The molecule has 2 aromatic rings. The highest BCUT2D eigenvalue weighted by Gasteiger charge is 2.15. The molecule has 116 valence electrons. The maximum atomic E-state index is 11.9. The molecule has 0 aliphatic carbocycles. The minimum absolute atomic E-state index is 0.286. The van der Waals surface area contributed by atoms with Gasteiger partial charge in [0.15, 0.2) is 6.61 Å². The van der Waals surface area contributed by atoms with Crippen molar-refractivity contribution in [3.05, 3.63) is 51.2 Å². The van der Waals surface area contributed by atoms with Gasteiger partial charge in [-0.05, 0) is 46.6 Å². The van der Waals surface area contributed by atoms with Gasteiger partial charge >= 0.3 is 5.97 Å². The molecule has 1 aromatic carbocycles. The van der Waals surface area contributed by atoms with Crippen molar-refractivity contribution in [3.8, 4) is 0 Å². The fourth-order valence-electron chi connectivity index (χ4n) is 1.84. The van der Waals surface area contributed by atoms with E-state index < -0.39 is 11.9 Å². The van der Waals surface area contributed by atoms with Crippen molar-refractivity contribution in [2.24, 2.45) is 7.05 Å². The third-order valence-corrected chi connectivity index (χ3v) is 3.78. The Bertz CT molecular complexity index is 728. The van der Waals surface area contributed by atoms with Crippen LogP contribution in [0.3, 0.4) is 0 Å². The average molecular weight is 386 g/mol. The molecular formula is C15H14BrClN2O3. The third kappa shape index (κ3) is 4.11. The van der Waals surface area contributed by atoms with Gasteiger partial charge in [0.2, 0.25) is 0 Å². The number of hydrogen-bond acceptors (Lipinski definition) is 3. The molecular weight excluding hydrogens is 372 g/mol. The van der Waals surface area contributed by atoms with Crippen LogP contribution < -0.4 is 5.32 Å². The molecule has 0 saturated heterocycles. The summed E-state index contributed by atoms with van der Waals surface area (Å²) in [6.45, 7) is 1.57. The van der Waals surface area contributed by atoms with E-state index in [2.05, 4.69) is 21.2 Å². The SMILES string of the molecule is Cc1ccc(NC(=O)COC(=O)c2cc(Cl)cn2C)c(Br)c1. The number of esters is 1. The van der Waals surface area contributed by atoms with Crippen LogP contribution in [0.5, 0.6) is 0 Å². The van der Waals surface area contributed by atoms with Crippen molar-refractivity contribution in [3.63, 3.8) is 0 Å². The van der Waals surface area contributed by atoms with Crippen LogP contribution >= 0.6 is 27.5 Å². The van der Waals surface area contributed by atoms with Gasteiger partial charge in [0.1, 0.15) is 5.69 Å². The molecule has 0 saturated carbocycles. The van der Waals surface area contributed by atoms with Gasteiger partial charge in [-0.3, -0.25) is 4.79 Å². The molecule has 0 spiro atoms. The Kier molecular flexibility index (Phi) is 5.26. The van der Waals surface area contributed by atoms with Crippen LogP contribution in [0.25, 0.3) is 0 Å². The minimum atomic E-state index is -0.604. The number of nitrogens with one attached hydrogen (secondary N) is 1. The van der Waals surface area contributed by atoms with Gasteiger partial charge in [-0.25, -0.2) is 4.79 Å². The zero-order valence-electron chi connectivity index (χ0n) is 12.0. The summed E-state index contributed by atoms with van der Waals surface area (Å²) in [5.74, 6) is -1.02. The Hall–Kier alpha value is -1.79. The van der Waals surface area contributed by atoms with Gasteiger partial charge in [0.25, 0.3) is 5.91 Å². The van der Waals surface area contributed by atoms with Crippen molar-refractivity contribution in [2.45, 2.75) is 6.92 Å². The molecule has 0 bridgehead atoms. The number of rotatable bonds is 4. The Labute approximate surface area is 141 Å². The molecule has 0 unspecified atom stereocenters. The minimum Gasteiger partial charge on any atom is -0.451 e. The zero-order chi connectivity index (χ0) is 16.3. The summed E-state index contributed by atoms with van der Waals surface area (Å²) in [6, 6.07) is 7.01. The monoisotopic (exact) mass is 384 g/mol. The number of nitrogens with zero attached hydrogens (tertiary/aromatic N) is 1. The first-order chi connectivity index (χ1) is 10.4. The molecule has 0 fully saturated rings. The van der Waals surface area contributed by atoms with Crippen molar-refractivity contribution in [1.29, 1.82) is 0 Å². The van der Waals surface area contributed by atoms with Gasteiger partial charge in [-0.1, -0.05) is 17.7 Å². The van der Waals surface area contributed by atoms with E-state index in [4.69, 9.17) is 16.3 Å². The van der Waals surface area contributed by atoms with Crippen LogP contribution in [0.4, 0.5) is 5.69 Å². The van der Waals surface area contributed by atoms with E-state index >= 15 is 0 Å². The summed E-state index contributed by atoms with van der Waals surface area (Å²) in [5, 5.41) is 3.10. The molecule has 7 heteroatoms. The summed E-state index contributed by atoms with van der Waals surface area (Å²) in [4.78, 5) is 23.7. The molecule has 1 N–H and O–H groups in total. The van der Waals surface area contributed by atoms with Gasteiger partial charge in [0, 0.05) is 17.7 Å².